The van der Waals surface area contributed by atoms with Gasteiger partial charge < -0.3 is 4.74 Å². The van der Waals surface area contributed by atoms with Gasteiger partial charge in [0.05, 0.1) is 0 Å². The van der Waals surface area contributed by atoms with Crippen molar-refractivity contribution >= 4 is 21.4 Å². The quantitative estimate of drug-likeness (QED) is 0.123. The molecule has 41 heavy (non-hydrogen) atoms. The van der Waals surface area contributed by atoms with Gasteiger partial charge in [-0.2, -0.15) is 11.6 Å². The van der Waals surface area contributed by atoms with Crippen LogP contribution in [0.5, 0.6) is 5.75 Å². The second-order valence-corrected chi connectivity index (χ2v) is 13.2. The molecule has 1 aliphatic carbocycles. The molecule has 0 saturated heterocycles. The number of allylic oxidation sites excluding steroid dienone is 6. The van der Waals surface area contributed by atoms with Crippen LogP contribution in [-0.2, 0) is 21.7 Å². The van der Waals surface area contributed by atoms with E-state index in [1.54, 1.807) is 0 Å². The summed E-state index contributed by atoms with van der Waals surface area (Å²) in [6.07, 6.45) is 12.9. The molecule has 0 N–H and O–H groups in total. The zero-order valence-corrected chi connectivity index (χ0v) is 29.3. The van der Waals surface area contributed by atoms with Gasteiger partial charge in [0.2, 0.25) is 0 Å². The van der Waals surface area contributed by atoms with E-state index in [0.29, 0.717) is 5.41 Å². The largest absolute Gasteiger partial charge is 0.456 e. The molecule has 1 radical (unpaired) electrons. The summed E-state index contributed by atoms with van der Waals surface area (Å²) in [5.41, 5.74) is 6.33. The SMILES string of the molecule is CC(C)(C)C1=CC[C-]=C1.C[SiH]C.Cc1ccc(C=CC(=C(Oc2ccccc2)c2ccccc2)C(C)(C)C)cc1.[Ti]. The summed E-state index contributed by atoms with van der Waals surface area (Å²) >= 11 is 0. The number of benzene rings is 3. The number of ether oxygens (including phenoxy) is 1. The molecule has 0 saturated carbocycles. The number of aryl methyl sites for hydroxylation is 1. The van der Waals surface area contributed by atoms with Gasteiger partial charge in [-0.1, -0.05) is 151 Å². The van der Waals surface area contributed by atoms with Crippen LogP contribution in [0.15, 0.2) is 114 Å². The van der Waals surface area contributed by atoms with Gasteiger partial charge in [0, 0.05) is 42.4 Å². The molecular formula is C38H48OSiTi-. The molecule has 3 heteroatoms. The molecular weight excluding hydrogens is 548 g/mol. The van der Waals surface area contributed by atoms with Crippen molar-refractivity contribution in [3.05, 3.63) is 137 Å². The van der Waals surface area contributed by atoms with Crippen molar-refractivity contribution < 1.29 is 26.5 Å². The third-order valence-corrected chi connectivity index (χ3v) is 6.13. The van der Waals surface area contributed by atoms with Crippen molar-refractivity contribution in [1.29, 1.82) is 0 Å². The van der Waals surface area contributed by atoms with E-state index < -0.39 is 0 Å². The summed E-state index contributed by atoms with van der Waals surface area (Å²) in [5, 5.41) is 0. The fraction of sp³-hybridized carbons (Fsp3) is 0.316. The van der Waals surface area contributed by atoms with Gasteiger partial charge in [-0.15, -0.1) is 6.42 Å². The zero-order valence-electron chi connectivity index (χ0n) is 26.6. The fourth-order valence-electron chi connectivity index (χ4n) is 3.91. The second-order valence-electron chi connectivity index (χ2n) is 12.1. The van der Waals surface area contributed by atoms with Crippen molar-refractivity contribution in [2.45, 2.75) is 68.0 Å². The van der Waals surface area contributed by atoms with E-state index in [1.165, 1.54) is 16.7 Å². The van der Waals surface area contributed by atoms with Gasteiger partial charge >= 0.3 is 0 Å². The van der Waals surface area contributed by atoms with Crippen LogP contribution in [0, 0.1) is 23.8 Å². The summed E-state index contributed by atoms with van der Waals surface area (Å²) in [7, 11) is 0.750. The minimum absolute atomic E-state index is 0. The van der Waals surface area contributed by atoms with Crippen LogP contribution in [0.1, 0.15) is 64.7 Å². The smallest absolute Gasteiger partial charge is 0.138 e. The Labute approximate surface area is 268 Å². The van der Waals surface area contributed by atoms with Crippen molar-refractivity contribution in [3.8, 4) is 5.75 Å². The summed E-state index contributed by atoms with van der Waals surface area (Å²) in [6, 6.07) is 28.9. The van der Waals surface area contributed by atoms with Crippen LogP contribution in [-0.4, -0.2) is 9.52 Å². The Kier molecular flexibility index (Phi) is 16.0. The molecule has 1 aliphatic rings. The molecule has 3 aromatic carbocycles. The minimum Gasteiger partial charge on any atom is -0.456 e. The average Bonchev–Trinajstić information content (AvgIpc) is 3.47. The van der Waals surface area contributed by atoms with E-state index in [-0.39, 0.29) is 27.1 Å². The monoisotopic (exact) mass is 596 g/mol. The first-order valence-electron chi connectivity index (χ1n) is 14.2. The van der Waals surface area contributed by atoms with E-state index in [9.17, 15) is 0 Å². The number of hydrogen-bond donors (Lipinski definition) is 0. The Morgan fingerprint density at radius 3 is 1.78 bits per heavy atom. The Morgan fingerprint density at radius 2 is 1.34 bits per heavy atom. The minimum atomic E-state index is -0.0822. The van der Waals surface area contributed by atoms with E-state index in [1.807, 2.05) is 48.5 Å². The second kappa shape index (κ2) is 18.0. The molecule has 0 spiro atoms. The Morgan fingerprint density at radius 1 is 0.805 bits per heavy atom. The number of para-hydroxylation sites is 1. The van der Waals surface area contributed by atoms with Crippen LogP contribution in [0.4, 0.5) is 0 Å². The first kappa shape index (κ1) is 36.4. The summed E-state index contributed by atoms with van der Waals surface area (Å²) in [6.45, 7) is 19.9. The average molecular weight is 597 g/mol. The van der Waals surface area contributed by atoms with Crippen LogP contribution >= 0.6 is 0 Å². The molecule has 0 amide bonds. The van der Waals surface area contributed by atoms with Gasteiger partial charge in [-0.25, -0.2) is 6.08 Å². The van der Waals surface area contributed by atoms with Crippen LogP contribution in [0.3, 0.4) is 0 Å². The van der Waals surface area contributed by atoms with Gasteiger partial charge in [-0.3, -0.25) is 6.08 Å². The third-order valence-electron chi connectivity index (χ3n) is 6.13. The number of rotatable bonds is 5. The van der Waals surface area contributed by atoms with Crippen LogP contribution in [0.25, 0.3) is 11.8 Å². The molecule has 0 bridgehead atoms. The molecule has 0 fully saturated rings. The molecule has 215 valence electrons. The van der Waals surface area contributed by atoms with Crippen molar-refractivity contribution in [2.75, 3.05) is 0 Å². The Balaban J connectivity index is 0.000000542. The maximum atomic E-state index is 6.43. The zero-order chi connectivity index (χ0) is 29.6. The molecule has 1 nitrogen and oxygen atoms in total. The normalized spacial score (nSPS) is 13.1. The third kappa shape index (κ3) is 13.3. The summed E-state index contributed by atoms with van der Waals surface area (Å²) in [5.74, 6) is 1.73. The predicted molar refractivity (Wildman–Crippen MR) is 179 cm³/mol. The number of hydrogen-bond acceptors (Lipinski definition) is 1. The molecule has 0 heterocycles. The van der Waals surface area contributed by atoms with Crippen molar-refractivity contribution in [3.63, 3.8) is 0 Å². The first-order chi connectivity index (χ1) is 19.0. The maximum absolute atomic E-state index is 6.43. The predicted octanol–water partition coefficient (Wildman–Crippen LogP) is 10.8. The molecule has 0 atom stereocenters. The van der Waals surface area contributed by atoms with Crippen LogP contribution in [0.2, 0.25) is 13.1 Å². The van der Waals surface area contributed by atoms with E-state index in [4.69, 9.17) is 4.74 Å². The van der Waals surface area contributed by atoms with E-state index in [0.717, 1.165) is 38.6 Å². The summed E-state index contributed by atoms with van der Waals surface area (Å²) in [4.78, 5) is 0. The maximum Gasteiger partial charge on any atom is 0.138 e. The molecule has 0 unspecified atom stereocenters. The topological polar surface area (TPSA) is 9.23 Å². The van der Waals surface area contributed by atoms with Gasteiger partial charge in [0.25, 0.3) is 0 Å². The summed E-state index contributed by atoms with van der Waals surface area (Å²) < 4.78 is 6.43. The molecule has 4 rings (SSSR count). The van der Waals surface area contributed by atoms with Crippen molar-refractivity contribution in [2.24, 2.45) is 10.8 Å². The molecule has 0 aliphatic heterocycles. The van der Waals surface area contributed by atoms with E-state index in [2.05, 4.69) is 128 Å². The Hall–Kier alpha value is -2.65. The standard InChI is InChI=1S/C27H28O.C9H13.C2H7Si.Ti/c1-21-15-17-22(18-16-21)19-20-25(27(2,3)4)26(23-11-7-5-8-12-23)28-24-13-9-6-10-14-24;1-9(2,3)8-6-4-5-7-8;1-3-2;/h5-20H,1-4H3;6-7H,4H2,1-3H3;3H,1-2H3;/q;-1;;. The first-order valence-corrected chi connectivity index (χ1v) is 16.6. The van der Waals surface area contributed by atoms with Gasteiger partial charge in [0.15, 0.2) is 0 Å². The molecule has 3 aromatic rings. The molecule has 0 aromatic heterocycles. The van der Waals surface area contributed by atoms with Crippen LogP contribution < -0.4 is 4.74 Å². The van der Waals surface area contributed by atoms with Gasteiger partial charge in [0.1, 0.15) is 11.5 Å². The fourth-order valence-corrected chi connectivity index (χ4v) is 3.91. The van der Waals surface area contributed by atoms with Crippen molar-refractivity contribution in [1.82, 2.24) is 0 Å². The Bertz CT molecular complexity index is 1270. The van der Waals surface area contributed by atoms with Gasteiger partial charge in [-0.05, 0) is 30.0 Å². The van der Waals surface area contributed by atoms with E-state index >= 15 is 0 Å².